The fourth-order valence-electron chi connectivity index (χ4n) is 3.83. The van der Waals surface area contributed by atoms with Crippen LogP contribution in [0.4, 0.5) is 11.4 Å². The summed E-state index contributed by atoms with van der Waals surface area (Å²) in [6, 6.07) is 8.13. The van der Waals surface area contributed by atoms with Gasteiger partial charge in [0, 0.05) is 25.2 Å². The molecule has 136 valence electrons. The van der Waals surface area contributed by atoms with Gasteiger partial charge in [-0.15, -0.1) is 24.0 Å². The Morgan fingerprint density at radius 2 is 1.46 bits per heavy atom. The molecule has 0 saturated heterocycles. The average molecular weight is 463 g/mol. The van der Waals surface area contributed by atoms with E-state index in [-0.39, 0.29) is 35.6 Å². The van der Waals surface area contributed by atoms with Crippen LogP contribution >= 0.6 is 24.0 Å². The number of hydrogen-bond donors (Lipinski definition) is 2. The molecule has 0 spiro atoms. The van der Waals surface area contributed by atoms with Gasteiger partial charge in [0.05, 0.1) is 16.9 Å². The molecular formula is C20H22IN3O2. The molecule has 2 aromatic carbocycles. The number of anilines is 2. The molecule has 0 amide bonds. The Balaban J connectivity index is 0.00000196. The van der Waals surface area contributed by atoms with Crippen molar-refractivity contribution in [1.82, 2.24) is 0 Å². The van der Waals surface area contributed by atoms with Crippen LogP contribution in [-0.2, 0) is 0 Å². The minimum atomic E-state index is 0. The van der Waals surface area contributed by atoms with Crippen LogP contribution in [-0.4, -0.2) is 25.1 Å². The summed E-state index contributed by atoms with van der Waals surface area (Å²) < 4.78 is 5.84. The van der Waals surface area contributed by atoms with Gasteiger partial charge in [-0.3, -0.25) is 5.41 Å². The van der Waals surface area contributed by atoms with Crippen molar-refractivity contribution in [1.29, 1.82) is 5.41 Å². The summed E-state index contributed by atoms with van der Waals surface area (Å²) in [6.07, 6.45) is 0. The third kappa shape index (κ3) is 2.24. The van der Waals surface area contributed by atoms with Crippen molar-refractivity contribution < 1.29 is 9.84 Å². The number of benzene rings is 2. The number of ether oxygens (including phenoxy) is 1. The second kappa shape index (κ2) is 6.19. The highest BCUT2D eigenvalue weighted by Gasteiger charge is 2.38. The maximum Gasteiger partial charge on any atom is 0.223 e. The lowest BCUT2D eigenvalue weighted by Crippen LogP contribution is -2.25. The van der Waals surface area contributed by atoms with Crippen LogP contribution in [0.25, 0.3) is 5.57 Å². The molecule has 0 radical (unpaired) electrons. The zero-order chi connectivity index (χ0) is 18.0. The van der Waals surface area contributed by atoms with Crippen molar-refractivity contribution in [2.24, 2.45) is 0 Å². The number of para-hydroxylation sites is 2. The lowest BCUT2D eigenvalue weighted by Gasteiger charge is -2.21. The molecule has 2 N–H and O–H groups in total. The standard InChI is InChI=1S/C20H21N3O2.HI/c1-10-11(2)18-15(12(3)17(10)24)16(19(21)25-18)20-22(4)13-8-6-7-9-14(13)23(20)5;/h6-9,21,24H,1-5H3;1H. The van der Waals surface area contributed by atoms with Gasteiger partial charge in [0.25, 0.3) is 0 Å². The lowest BCUT2D eigenvalue weighted by molar-refractivity contribution is 0.463. The molecule has 26 heavy (non-hydrogen) atoms. The Bertz CT molecular complexity index is 951. The smallest absolute Gasteiger partial charge is 0.223 e. The monoisotopic (exact) mass is 463 g/mol. The van der Waals surface area contributed by atoms with E-state index in [1.807, 2.05) is 47.0 Å². The number of nitrogens with one attached hydrogen (secondary N) is 1. The Morgan fingerprint density at radius 3 is 2.00 bits per heavy atom. The van der Waals surface area contributed by atoms with E-state index in [1.54, 1.807) is 0 Å². The molecular weight excluding hydrogens is 441 g/mol. The van der Waals surface area contributed by atoms with E-state index in [4.69, 9.17) is 10.1 Å². The van der Waals surface area contributed by atoms with E-state index in [0.717, 1.165) is 39.4 Å². The molecule has 0 fully saturated rings. The van der Waals surface area contributed by atoms with Crippen molar-refractivity contribution in [3.63, 3.8) is 0 Å². The molecule has 0 aromatic heterocycles. The van der Waals surface area contributed by atoms with Crippen LogP contribution in [0, 0.1) is 26.2 Å². The zero-order valence-corrected chi connectivity index (χ0v) is 17.8. The predicted octanol–water partition coefficient (Wildman–Crippen LogP) is 4.56. The predicted molar refractivity (Wildman–Crippen MR) is 116 cm³/mol. The normalized spacial score (nSPS) is 15.0. The van der Waals surface area contributed by atoms with Crippen LogP contribution in [0.5, 0.6) is 11.5 Å². The Kier molecular flexibility index (Phi) is 4.42. The van der Waals surface area contributed by atoms with Crippen molar-refractivity contribution in [3.05, 3.63) is 52.3 Å². The van der Waals surface area contributed by atoms with E-state index in [9.17, 15) is 5.11 Å². The molecule has 0 atom stereocenters. The highest BCUT2D eigenvalue weighted by atomic mass is 127. The minimum absolute atomic E-state index is 0. The summed E-state index contributed by atoms with van der Waals surface area (Å²) in [7, 11) is 3.98. The van der Waals surface area contributed by atoms with E-state index >= 15 is 0 Å². The third-order valence-electron chi connectivity index (χ3n) is 5.36. The molecule has 0 unspecified atom stereocenters. The van der Waals surface area contributed by atoms with E-state index in [1.165, 1.54) is 0 Å². The van der Waals surface area contributed by atoms with Crippen LogP contribution in [0.3, 0.4) is 0 Å². The summed E-state index contributed by atoms with van der Waals surface area (Å²) in [5, 5.41) is 19.0. The minimum Gasteiger partial charge on any atom is -0.507 e. The number of nitrogens with zero attached hydrogens (tertiary/aromatic N) is 2. The number of fused-ring (bicyclic) bond motifs is 2. The first kappa shape index (κ1) is 18.6. The molecule has 2 heterocycles. The van der Waals surface area contributed by atoms with Gasteiger partial charge >= 0.3 is 0 Å². The lowest BCUT2D eigenvalue weighted by atomic mass is 9.94. The second-order valence-electron chi connectivity index (χ2n) is 6.66. The van der Waals surface area contributed by atoms with Gasteiger partial charge in [0.1, 0.15) is 17.3 Å². The maximum absolute atomic E-state index is 10.5. The first-order chi connectivity index (χ1) is 11.8. The fourth-order valence-corrected chi connectivity index (χ4v) is 3.83. The van der Waals surface area contributed by atoms with Gasteiger partial charge in [-0.1, -0.05) is 12.1 Å². The molecule has 0 aliphatic carbocycles. The first-order valence-electron chi connectivity index (χ1n) is 8.25. The topological polar surface area (TPSA) is 59.8 Å². The highest BCUT2D eigenvalue weighted by Crippen LogP contribution is 2.49. The number of phenols is 1. The number of rotatable bonds is 0. The van der Waals surface area contributed by atoms with Gasteiger partial charge in [-0.05, 0) is 44.0 Å². The van der Waals surface area contributed by atoms with Crippen molar-refractivity contribution in [2.45, 2.75) is 20.8 Å². The van der Waals surface area contributed by atoms with Crippen molar-refractivity contribution in [2.75, 3.05) is 23.9 Å². The van der Waals surface area contributed by atoms with Crippen molar-refractivity contribution in [3.8, 4) is 11.5 Å². The highest BCUT2D eigenvalue weighted by molar-refractivity contribution is 14.0. The van der Waals surface area contributed by atoms with E-state index in [0.29, 0.717) is 11.3 Å². The summed E-state index contributed by atoms with van der Waals surface area (Å²) in [5.74, 6) is 1.95. The van der Waals surface area contributed by atoms with Crippen LogP contribution < -0.4 is 14.5 Å². The van der Waals surface area contributed by atoms with Gasteiger partial charge in [-0.25, -0.2) is 0 Å². The van der Waals surface area contributed by atoms with Gasteiger partial charge in [0.2, 0.25) is 5.90 Å². The molecule has 6 heteroatoms. The Hall–Kier alpha value is -2.22. The summed E-state index contributed by atoms with van der Waals surface area (Å²) in [5.41, 5.74) is 6.12. The van der Waals surface area contributed by atoms with E-state index in [2.05, 4.69) is 21.9 Å². The first-order valence-corrected chi connectivity index (χ1v) is 8.25. The number of aromatic hydroxyl groups is 1. The molecule has 2 aliphatic rings. The Morgan fingerprint density at radius 1 is 0.923 bits per heavy atom. The second-order valence-corrected chi connectivity index (χ2v) is 6.66. The average Bonchev–Trinajstić information content (AvgIpc) is 3.06. The van der Waals surface area contributed by atoms with Gasteiger partial charge in [-0.2, -0.15) is 0 Å². The largest absolute Gasteiger partial charge is 0.507 e. The summed E-state index contributed by atoms with van der Waals surface area (Å²) in [4.78, 5) is 4.15. The van der Waals surface area contributed by atoms with Crippen LogP contribution in [0.15, 0.2) is 30.1 Å². The molecule has 2 aromatic rings. The molecule has 2 aliphatic heterocycles. The summed E-state index contributed by atoms with van der Waals surface area (Å²) in [6.45, 7) is 5.68. The molecule has 0 saturated carbocycles. The SMILES string of the molecule is Cc1c(C)c2c(c(C)c1O)C(=C1N(C)c3ccccc3N1C)C(=N)O2.I. The molecule has 0 bridgehead atoms. The zero-order valence-electron chi connectivity index (χ0n) is 15.5. The molecule has 5 nitrogen and oxygen atoms in total. The van der Waals surface area contributed by atoms with Crippen LogP contribution in [0.1, 0.15) is 22.3 Å². The number of phenolic OH excluding ortho intramolecular Hbond substituents is 1. The quantitative estimate of drug-likeness (QED) is 0.563. The maximum atomic E-state index is 10.5. The van der Waals surface area contributed by atoms with Crippen molar-refractivity contribution >= 4 is 46.8 Å². The third-order valence-corrected chi connectivity index (χ3v) is 5.36. The summed E-state index contributed by atoms with van der Waals surface area (Å²) >= 11 is 0. The van der Waals surface area contributed by atoms with Gasteiger partial charge in [0.15, 0.2) is 0 Å². The van der Waals surface area contributed by atoms with Gasteiger partial charge < -0.3 is 19.6 Å². The molecule has 4 rings (SSSR count). The number of halogens is 1. The van der Waals surface area contributed by atoms with E-state index < -0.39 is 0 Å². The fraction of sp³-hybridized carbons (Fsp3) is 0.250. The Labute approximate surface area is 170 Å². The van der Waals surface area contributed by atoms with Crippen LogP contribution in [0.2, 0.25) is 0 Å². The number of hydrogen-bond acceptors (Lipinski definition) is 5.